The summed E-state index contributed by atoms with van der Waals surface area (Å²) in [4.78, 5) is 16.7. The van der Waals surface area contributed by atoms with Gasteiger partial charge < -0.3 is 13.9 Å². The predicted molar refractivity (Wildman–Crippen MR) is 132 cm³/mol. The van der Waals surface area contributed by atoms with Gasteiger partial charge in [-0.2, -0.15) is 15.1 Å². The topological polar surface area (TPSA) is 100 Å². The predicted octanol–water partition coefficient (Wildman–Crippen LogP) is 5.06. The Balaban J connectivity index is 1.26. The Kier molecular flexibility index (Phi) is 6.20. The van der Waals surface area contributed by atoms with Crippen LogP contribution in [-0.2, 0) is 4.79 Å². The molecule has 2 aliphatic rings. The fraction of sp³-hybridized carbons (Fsp3) is 0.0833. The number of amides is 1. The minimum Gasteiger partial charge on any atom is -0.490 e. The van der Waals surface area contributed by atoms with Gasteiger partial charge in [-0.05, 0) is 59.8 Å². The molecule has 5 rings (SSSR count). The van der Waals surface area contributed by atoms with Gasteiger partial charge >= 0.3 is 0 Å². The van der Waals surface area contributed by atoms with Gasteiger partial charge in [-0.3, -0.25) is 10.2 Å². The Morgan fingerprint density at radius 2 is 1.91 bits per heavy atom. The van der Waals surface area contributed by atoms with E-state index in [4.69, 9.17) is 30.9 Å². The number of benzene rings is 2. The molecule has 170 valence electrons. The van der Waals surface area contributed by atoms with Crippen LogP contribution in [0, 0.1) is 5.41 Å². The Hall–Kier alpha value is -3.82. The lowest BCUT2D eigenvalue weighted by Gasteiger charge is -2.20. The molecule has 34 heavy (non-hydrogen) atoms. The normalized spacial score (nSPS) is 16.4. The van der Waals surface area contributed by atoms with E-state index in [1.165, 1.54) is 23.0 Å². The van der Waals surface area contributed by atoms with Crippen molar-refractivity contribution in [3.63, 3.8) is 0 Å². The summed E-state index contributed by atoms with van der Waals surface area (Å²) < 4.78 is 16.7. The SMILES string of the molecule is N=C1/C(=C/c2ccc(OCCOc3ccccc3)c(Cl)c2)C(=O)N=C2SC(c3ccco3)=NN12. The van der Waals surface area contributed by atoms with Gasteiger partial charge in [-0.15, -0.1) is 0 Å². The number of carbonyl (C=O) groups excluding carboxylic acids is 1. The number of halogens is 1. The summed E-state index contributed by atoms with van der Waals surface area (Å²) in [5, 5.41) is 15.4. The first kappa shape index (κ1) is 22.0. The van der Waals surface area contributed by atoms with Crippen LogP contribution in [0.15, 0.2) is 87.0 Å². The number of hydrogen-bond acceptors (Lipinski definition) is 7. The van der Waals surface area contributed by atoms with Crippen LogP contribution in [0.2, 0.25) is 5.02 Å². The van der Waals surface area contributed by atoms with Crippen molar-refractivity contribution in [2.75, 3.05) is 13.2 Å². The number of rotatable bonds is 7. The van der Waals surface area contributed by atoms with Gasteiger partial charge in [0.25, 0.3) is 5.91 Å². The summed E-state index contributed by atoms with van der Waals surface area (Å²) in [6, 6.07) is 18.1. The van der Waals surface area contributed by atoms with E-state index in [-0.39, 0.29) is 11.4 Å². The van der Waals surface area contributed by atoms with Crippen LogP contribution < -0.4 is 9.47 Å². The van der Waals surface area contributed by atoms with Crippen LogP contribution in [0.25, 0.3) is 6.08 Å². The third-order valence-electron chi connectivity index (χ3n) is 4.81. The van der Waals surface area contributed by atoms with Crippen molar-refractivity contribution in [3.05, 3.63) is 88.8 Å². The van der Waals surface area contributed by atoms with Crippen LogP contribution in [0.1, 0.15) is 11.3 Å². The largest absolute Gasteiger partial charge is 0.490 e. The van der Waals surface area contributed by atoms with E-state index < -0.39 is 5.91 Å². The number of nitrogens with one attached hydrogen (secondary N) is 1. The number of fused-ring (bicyclic) bond motifs is 1. The summed E-state index contributed by atoms with van der Waals surface area (Å²) >= 11 is 7.55. The van der Waals surface area contributed by atoms with Gasteiger partial charge in [-0.1, -0.05) is 35.9 Å². The van der Waals surface area contributed by atoms with Crippen molar-refractivity contribution in [1.29, 1.82) is 5.41 Å². The minimum atomic E-state index is -0.519. The lowest BCUT2D eigenvalue weighted by atomic mass is 10.1. The van der Waals surface area contributed by atoms with Gasteiger partial charge in [0.1, 0.15) is 24.7 Å². The smallest absolute Gasteiger partial charge is 0.283 e. The molecule has 8 nitrogen and oxygen atoms in total. The summed E-state index contributed by atoms with van der Waals surface area (Å²) in [5.41, 5.74) is 0.738. The van der Waals surface area contributed by atoms with Crippen molar-refractivity contribution < 1.29 is 18.7 Å². The second-order valence-corrected chi connectivity index (χ2v) is 8.47. The second kappa shape index (κ2) is 9.58. The molecule has 0 atom stereocenters. The first-order valence-corrected chi connectivity index (χ1v) is 11.4. The number of nitrogens with zero attached hydrogens (tertiary/aromatic N) is 3. The molecule has 0 bridgehead atoms. The summed E-state index contributed by atoms with van der Waals surface area (Å²) in [6.07, 6.45) is 3.09. The van der Waals surface area contributed by atoms with Crippen LogP contribution in [0.5, 0.6) is 11.5 Å². The molecule has 1 amide bonds. The fourth-order valence-electron chi connectivity index (χ4n) is 3.21. The lowest BCUT2D eigenvalue weighted by Crippen LogP contribution is -2.35. The van der Waals surface area contributed by atoms with E-state index in [1.807, 2.05) is 30.3 Å². The average molecular weight is 493 g/mol. The number of para-hydroxylation sites is 1. The number of hydrogen-bond donors (Lipinski definition) is 1. The van der Waals surface area contributed by atoms with E-state index in [0.29, 0.717) is 45.5 Å². The van der Waals surface area contributed by atoms with Crippen LogP contribution >= 0.6 is 23.4 Å². The first-order valence-electron chi connectivity index (χ1n) is 10.2. The molecule has 0 aliphatic carbocycles. The third kappa shape index (κ3) is 4.61. The maximum Gasteiger partial charge on any atom is 0.283 e. The van der Waals surface area contributed by atoms with Crippen molar-refractivity contribution in [1.82, 2.24) is 5.01 Å². The molecule has 0 saturated heterocycles. The summed E-state index contributed by atoms with van der Waals surface area (Å²) in [5.74, 6) is 1.22. The van der Waals surface area contributed by atoms with Crippen LogP contribution in [-0.4, -0.2) is 40.2 Å². The quantitative estimate of drug-likeness (QED) is 0.365. The van der Waals surface area contributed by atoms with E-state index in [9.17, 15) is 4.79 Å². The number of amidine groups is 2. The van der Waals surface area contributed by atoms with Gasteiger partial charge in [-0.25, -0.2) is 0 Å². The number of hydrazone groups is 1. The number of ether oxygens (including phenoxy) is 2. The number of aliphatic imine (C=N–C) groups is 1. The van der Waals surface area contributed by atoms with Crippen molar-refractivity contribution in [2.24, 2.45) is 10.1 Å². The van der Waals surface area contributed by atoms with Gasteiger partial charge in [0.15, 0.2) is 16.6 Å². The maximum atomic E-state index is 12.6. The maximum absolute atomic E-state index is 12.6. The van der Waals surface area contributed by atoms with Gasteiger partial charge in [0.2, 0.25) is 5.17 Å². The highest BCUT2D eigenvalue weighted by Crippen LogP contribution is 2.32. The molecule has 1 aromatic heterocycles. The van der Waals surface area contributed by atoms with Crippen molar-refractivity contribution in [3.8, 4) is 11.5 Å². The molecule has 0 unspecified atom stereocenters. The zero-order valence-electron chi connectivity index (χ0n) is 17.6. The fourth-order valence-corrected chi connectivity index (χ4v) is 4.31. The molecule has 3 heterocycles. The second-order valence-electron chi connectivity index (χ2n) is 7.10. The van der Waals surface area contributed by atoms with Crippen molar-refractivity contribution in [2.45, 2.75) is 0 Å². The third-order valence-corrected chi connectivity index (χ3v) is 6.02. The van der Waals surface area contributed by atoms with Crippen molar-refractivity contribution >= 4 is 51.4 Å². The lowest BCUT2D eigenvalue weighted by molar-refractivity contribution is -0.114. The van der Waals surface area contributed by atoms with Gasteiger partial charge in [0.05, 0.1) is 16.9 Å². The standard InChI is InChI=1S/C24H17ClN4O4S/c25-18-14-15(8-9-19(18)33-12-11-31-16-5-2-1-3-6-16)13-17-21(26)29-24(27-22(17)30)34-23(28-29)20-7-4-10-32-20/h1-10,13-14,26H,11-12H2/b17-13-,26-21?. The highest BCUT2D eigenvalue weighted by atomic mass is 35.5. The minimum absolute atomic E-state index is 0.0708. The number of furan rings is 1. The van der Waals surface area contributed by atoms with E-state index >= 15 is 0 Å². The number of thioether (sulfide) groups is 1. The van der Waals surface area contributed by atoms with E-state index in [0.717, 1.165) is 5.75 Å². The van der Waals surface area contributed by atoms with E-state index in [1.54, 1.807) is 36.4 Å². The average Bonchev–Trinajstić information content (AvgIpc) is 3.51. The monoisotopic (exact) mass is 492 g/mol. The Morgan fingerprint density at radius 1 is 1.09 bits per heavy atom. The Bertz CT molecular complexity index is 1340. The molecule has 2 aliphatic heterocycles. The summed E-state index contributed by atoms with van der Waals surface area (Å²) in [6.45, 7) is 0.685. The molecule has 0 spiro atoms. The zero-order valence-corrected chi connectivity index (χ0v) is 19.2. The molecule has 2 aromatic carbocycles. The molecule has 0 radical (unpaired) electrons. The molecule has 10 heteroatoms. The Labute approximate surface area is 204 Å². The van der Waals surface area contributed by atoms with Gasteiger partial charge in [0, 0.05) is 0 Å². The highest BCUT2D eigenvalue weighted by molar-refractivity contribution is 8.27. The summed E-state index contributed by atoms with van der Waals surface area (Å²) in [7, 11) is 0. The Morgan fingerprint density at radius 3 is 2.68 bits per heavy atom. The molecule has 0 saturated carbocycles. The first-order chi connectivity index (χ1) is 16.6. The highest BCUT2D eigenvalue weighted by Gasteiger charge is 2.36. The molecule has 3 aromatic rings. The molecular weight excluding hydrogens is 476 g/mol. The van der Waals surface area contributed by atoms with E-state index in [2.05, 4.69) is 10.1 Å². The molecular formula is C24H17ClN4O4S. The zero-order chi connectivity index (χ0) is 23.5. The van der Waals surface area contributed by atoms with Crippen LogP contribution in [0.3, 0.4) is 0 Å². The molecule has 0 fully saturated rings. The number of carbonyl (C=O) groups is 1. The molecule has 1 N–H and O–H groups in total. The van der Waals surface area contributed by atoms with Crippen LogP contribution in [0.4, 0.5) is 0 Å².